The molecule has 6 nitrogen and oxygen atoms in total. The van der Waals surface area contributed by atoms with E-state index in [0.29, 0.717) is 12.1 Å². The number of rotatable bonds is 6. The molecule has 2 rings (SSSR count). The molecule has 0 spiro atoms. The van der Waals surface area contributed by atoms with E-state index in [9.17, 15) is 36.9 Å². The van der Waals surface area contributed by atoms with E-state index in [2.05, 4.69) is 10.6 Å². The van der Waals surface area contributed by atoms with Gasteiger partial charge in [-0.05, 0) is 24.3 Å². The molecule has 0 bridgehead atoms. The van der Waals surface area contributed by atoms with Crippen LogP contribution in [0.3, 0.4) is 0 Å². The van der Waals surface area contributed by atoms with Gasteiger partial charge in [-0.25, -0.2) is 8.78 Å². The van der Waals surface area contributed by atoms with Gasteiger partial charge in [0.05, 0.1) is 10.5 Å². The largest absolute Gasteiger partial charge is 0.416 e. The first kappa shape index (κ1) is 20.1. The number of carbonyl (C=O) groups is 1. The quantitative estimate of drug-likeness (QED) is 0.438. The van der Waals surface area contributed by atoms with Gasteiger partial charge in [-0.1, -0.05) is 0 Å². The third-order valence-electron chi connectivity index (χ3n) is 3.39. The van der Waals surface area contributed by atoms with Crippen molar-refractivity contribution in [3.63, 3.8) is 0 Å². The Morgan fingerprint density at radius 3 is 2.37 bits per heavy atom. The van der Waals surface area contributed by atoms with Crippen LogP contribution in [0.5, 0.6) is 0 Å². The van der Waals surface area contributed by atoms with E-state index >= 15 is 0 Å². The van der Waals surface area contributed by atoms with Crippen molar-refractivity contribution in [2.75, 3.05) is 17.2 Å². The Hall–Kier alpha value is -3.24. The van der Waals surface area contributed by atoms with E-state index in [-0.39, 0.29) is 24.3 Å². The SMILES string of the molecule is O=C(CCNc1ccc(C(F)(F)F)cc1[N+](=O)[O-])Nc1ccc(F)c(F)c1. The third-order valence-corrected chi connectivity index (χ3v) is 3.39. The van der Waals surface area contributed by atoms with Crippen LogP contribution in [0.2, 0.25) is 0 Å². The van der Waals surface area contributed by atoms with Crippen molar-refractivity contribution >= 4 is 23.0 Å². The molecule has 1 amide bonds. The van der Waals surface area contributed by atoms with E-state index in [0.717, 1.165) is 24.3 Å². The second-order valence-electron chi connectivity index (χ2n) is 5.34. The topological polar surface area (TPSA) is 84.3 Å². The molecule has 0 unspecified atom stereocenters. The van der Waals surface area contributed by atoms with Crippen molar-refractivity contribution < 1.29 is 31.7 Å². The first-order chi connectivity index (χ1) is 12.6. The monoisotopic (exact) mass is 389 g/mol. The number of nitro benzene ring substituents is 1. The molecule has 0 fully saturated rings. The summed E-state index contributed by atoms with van der Waals surface area (Å²) >= 11 is 0. The van der Waals surface area contributed by atoms with Crippen LogP contribution in [-0.2, 0) is 11.0 Å². The molecule has 27 heavy (non-hydrogen) atoms. The standard InChI is InChI=1S/C16H12F5N3O3/c17-11-3-2-10(8-12(11)18)23-15(25)5-6-22-13-4-1-9(16(19,20)21)7-14(13)24(26)27/h1-4,7-8,22H,5-6H2,(H,23,25). The molecule has 0 saturated carbocycles. The zero-order valence-electron chi connectivity index (χ0n) is 13.4. The van der Waals surface area contributed by atoms with Gasteiger partial charge >= 0.3 is 6.18 Å². The minimum Gasteiger partial charge on any atom is -0.379 e. The van der Waals surface area contributed by atoms with Crippen LogP contribution in [0.15, 0.2) is 36.4 Å². The number of benzene rings is 2. The molecule has 0 saturated heterocycles. The van der Waals surface area contributed by atoms with Crippen molar-refractivity contribution in [1.82, 2.24) is 0 Å². The smallest absolute Gasteiger partial charge is 0.379 e. The number of nitrogens with one attached hydrogen (secondary N) is 2. The van der Waals surface area contributed by atoms with Crippen LogP contribution in [0.4, 0.5) is 39.0 Å². The average molecular weight is 389 g/mol. The Balaban J connectivity index is 1.98. The second-order valence-corrected chi connectivity index (χ2v) is 5.34. The molecule has 0 aromatic heterocycles. The molecule has 2 aromatic carbocycles. The summed E-state index contributed by atoms with van der Waals surface area (Å²) in [6, 6.07) is 4.72. The normalized spacial score (nSPS) is 11.1. The fourth-order valence-corrected chi connectivity index (χ4v) is 2.12. The fourth-order valence-electron chi connectivity index (χ4n) is 2.12. The number of hydrogen-bond acceptors (Lipinski definition) is 4. The van der Waals surface area contributed by atoms with Gasteiger partial charge in [0, 0.05) is 30.8 Å². The molecule has 2 aromatic rings. The number of nitrogens with zero attached hydrogens (tertiary/aromatic N) is 1. The van der Waals surface area contributed by atoms with Crippen molar-refractivity contribution in [3.05, 3.63) is 63.7 Å². The van der Waals surface area contributed by atoms with Gasteiger partial charge in [0.1, 0.15) is 5.69 Å². The predicted molar refractivity (Wildman–Crippen MR) is 86.2 cm³/mol. The van der Waals surface area contributed by atoms with Gasteiger partial charge in [-0.15, -0.1) is 0 Å². The molecule has 0 aliphatic carbocycles. The molecule has 0 heterocycles. The Morgan fingerprint density at radius 2 is 1.78 bits per heavy atom. The predicted octanol–water partition coefficient (Wildman–Crippen LogP) is 4.33. The molecular formula is C16H12F5N3O3. The van der Waals surface area contributed by atoms with Gasteiger partial charge in [-0.2, -0.15) is 13.2 Å². The number of carbonyl (C=O) groups excluding carboxylic acids is 1. The van der Waals surface area contributed by atoms with Crippen molar-refractivity contribution in [2.45, 2.75) is 12.6 Å². The van der Waals surface area contributed by atoms with E-state index in [4.69, 9.17) is 0 Å². The van der Waals surface area contributed by atoms with Gasteiger partial charge in [0.15, 0.2) is 11.6 Å². The minimum absolute atomic E-state index is 0.0133. The molecule has 0 atom stereocenters. The van der Waals surface area contributed by atoms with Crippen LogP contribution in [0.1, 0.15) is 12.0 Å². The minimum atomic E-state index is -4.73. The molecule has 2 N–H and O–H groups in total. The van der Waals surface area contributed by atoms with E-state index in [1.165, 1.54) is 0 Å². The number of alkyl halides is 3. The van der Waals surface area contributed by atoms with Crippen LogP contribution >= 0.6 is 0 Å². The van der Waals surface area contributed by atoms with Gasteiger partial charge < -0.3 is 10.6 Å². The third kappa shape index (κ3) is 5.36. The van der Waals surface area contributed by atoms with Gasteiger partial charge in [0.2, 0.25) is 5.91 Å². The summed E-state index contributed by atoms with van der Waals surface area (Å²) in [6.07, 6.45) is -4.95. The molecule has 0 radical (unpaired) electrons. The maximum absolute atomic E-state index is 13.1. The Bertz CT molecular complexity index is 871. The highest BCUT2D eigenvalue weighted by Crippen LogP contribution is 2.34. The number of amides is 1. The Morgan fingerprint density at radius 1 is 1.07 bits per heavy atom. The maximum Gasteiger partial charge on any atom is 0.416 e. The van der Waals surface area contributed by atoms with E-state index in [1.807, 2.05) is 0 Å². The number of halogens is 5. The molecule has 144 valence electrons. The zero-order chi connectivity index (χ0) is 20.2. The summed E-state index contributed by atoms with van der Waals surface area (Å²) in [5.41, 5.74) is -2.13. The van der Waals surface area contributed by atoms with Crippen molar-refractivity contribution in [3.8, 4) is 0 Å². The van der Waals surface area contributed by atoms with Crippen LogP contribution < -0.4 is 10.6 Å². The highest BCUT2D eigenvalue weighted by atomic mass is 19.4. The second kappa shape index (κ2) is 7.98. The molecule has 0 aliphatic heterocycles. The number of nitro groups is 1. The molecular weight excluding hydrogens is 377 g/mol. The lowest BCUT2D eigenvalue weighted by atomic mass is 10.1. The van der Waals surface area contributed by atoms with Crippen LogP contribution in [0.25, 0.3) is 0 Å². The zero-order valence-corrected chi connectivity index (χ0v) is 13.4. The summed E-state index contributed by atoms with van der Waals surface area (Å²) < 4.78 is 63.8. The highest BCUT2D eigenvalue weighted by Gasteiger charge is 2.33. The van der Waals surface area contributed by atoms with Crippen LogP contribution in [-0.4, -0.2) is 17.4 Å². The summed E-state index contributed by atoms with van der Waals surface area (Å²) in [5.74, 6) is -2.83. The fraction of sp³-hybridized carbons (Fsp3) is 0.188. The van der Waals surface area contributed by atoms with Crippen LogP contribution in [0, 0.1) is 21.7 Å². The lowest BCUT2D eigenvalue weighted by molar-refractivity contribution is -0.384. The summed E-state index contributed by atoms with van der Waals surface area (Å²) in [6.45, 7) is -0.137. The maximum atomic E-state index is 13.1. The lowest BCUT2D eigenvalue weighted by Crippen LogP contribution is -2.17. The van der Waals surface area contributed by atoms with Crippen molar-refractivity contribution in [1.29, 1.82) is 0 Å². The van der Waals surface area contributed by atoms with E-state index < -0.39 is 39.9 Å². The highest BCUT2D eigenvalue weighted by molar-refractivity contribution is 5.91. The Kier molecular flexibility index (Phi) is 5.93. The van der Waals surface area contributed by atoms with Crippen molar-refractivity contribution in [2.24, 2.45) is 0 Å². The first-order valence-electron chi connectivity index (χ1n) is 7.42. The lowest BCUT2D eigenvalue weighted by Gasteiger charge is -2.11. The first-order valence-corrected chi connectivity index (χ1v) is 7.42. The Labute approximate surface area is 149 Å². The number of anilines is 2. The number of hydrogen-bond donors (Lipinski definition) is 2. The van der Waals surface area contributed by atoms with Gasteiger partial charge in [0.25, 0.3) is 5.69 Å². The summed E-state index contributed by atoms with van der Waals surface area (Å²) in [7, 11) is 0. The van der Waals surface area contributed by atoms with Gasteiger partial charge in [-0.3, -0.25) is 14.9 Å². The molecule has 0 aliphatic rings. The summed E-state index contributed by atoms with van der Waals surface area (Å²) in [5, 5.41) is 15.8. The summed E-state index contributed by atoms with van der Waals surface area (Å²) in [4.78, 5) is 21.7. The van der Waals surface area contributed by atoms with E-state index in [1.54, 1.807) is 0 Å². The average Bonchev–Trinajstić information content (AvgIpc) is 2.57. The molecule has 11 heteroatoms.